The van der Waals surface area contributed by atoms with Gasteiger partial charge in [0.05, 0.1) is 25.4 Å². The standard InChI is InChI=1S/C67H129NO5/c1-3-5-7-9-11-13-15-17-18-19-20-23-26-29-32-36-39-43-47-51-55-59-65(70)64(63-69)68-66(71)60-56-52-48-44-40-37-33-30-27-24-21-22-25-28-31-34-38-42-46-50-54-58-62-73-67(72)61-57-53-49-45-41-35-16-14-12-10-8-6-4-2/h8,10,14,16,64-65,69-70H,3-7,9,11-13,15,17-63H2,1-2H3,(H,68,71)/b10-8-,16-14-. The highest BCUT2D eigenvalue weighted by Gasteiger charge is 2.20. The number of aliphatic hydroxyl groups is 2. The van der Waals surface area contributed by atoms with Gasteiger partial charge in [0.2, 0.25) is 5.91 Å². The number of ether oxygens (including phenoxy) is 1. The second kappa shape index (κ2) is 62.9. The van der Waals surface area contributed by atoms with Crippen LogP contribution in [0.25, 0.3) is 0 Å². The van der Waals surface area contributed by atoms with Crippen molar-refractivity contribution in [1.29, 1.82) is 0 Å². The molecule has 0 bridgehead atoms. The zero-order chi connectivity index (χ0) is 52.9. The zero-order valence-corrected chi connectivity index (χ0v) is 49.4. The number of hydrogen-bond acceptors (Lipinski definition) is 5. The summed E-state index contributed by atoms with van der Waals surface area (Å²) in [5.41, 5.74) is 0. The van der Waals surface area contributed by atoms with E-state index >= 15 is 0 Å². The van der Waals surface area contributed by atoms with Gasteiger partial charge in [-0.05, 0) is 51.4 Å². The van der Waals surface area contributed by atoms with E-state index in [1.54, 1.807) is 0 Å². The van der Waals surface area contributed by atoms with E-state index in [1.165, 1.54) is 283 Å². The number of unbranched alkanes of at least 4 members (excludes halogenated alkanes) is 47. The summed E-state index contributed by atoms with van der Waals surface area (Å²) in [5, 5.41) is 23.4. The van der Waals surface area contributed by atoms with Gasteiger partial charge in [0.15, 0.2) is 0 Å². The number of nitrogens with one attached hydrogen (secondary N) is 1. The second-order valence-corrected chi connectivity index (χ2v) is 22.8. The SMILES string of the molecule is CCC/C=C\C/C=C\CCCCCCCC(=O)OCCCCCCCCCCCCCCCCCCCCCCCCC(=O)NC(CO)C(O)CCCCCCCCCCCCCCCCCCCCCCC. The molecule has 0 aliphatic heterocycles. The van der Waals surface area contributed by atoms with E-state index in [0.29, 0.717) is 25.9 Å². The van der Waals surface area contributed by atoms with Gasteiger partial charge in [-0.25, -0.2) is 0 Å². The Balaban J connectivity index is 3.39. The van der Waals surface area contributed by atoms with E-state index in [9.17, 15) is 19.8 Å². The molecule has 3 N–H and O–H groups in total. The fourth-order valence-corrected chi connectivity index (χ4v) is 10.4. The summed E-state index contributed by atoms with van der Waals surface area (Å²) in [4.78, 5) is 24.6. The van der Waals surface area contributed by atoms with E-state index in [1.807, 2.05) is 0 Å². The van der Waals surface area contributed by atoms with Crippen molar-refractivity contribution in [2.24, 2.45) is 0 Å². The van der Waals surface area contributed by atoms with Crippen molar-refractivity contribution in [2.75, 3.05) is 13.2 Å². The number of rotatable bonds is 62. The maximum absolute atomic E-state index is 12.5. The molecule has 73 heavy (non-hydrogen) atoms. The van der Waals surface area contributed by atoms with Crippen LogP contribution in [0.4, 0.5) is 0 Å². The Kier molecular flexibility index (Phi) is 61.4. The van der Waals surface area contributed by atoms with Gasteiger partial charge in [-0.15, -0.1) is 0 Å². The van der Waals surface area contributed by atoms with Gasteiger partial charge in [0.25, 0.3) is 0 Å². The maximum Gasteiger partial charge on any atom is 0.305 e. The molecule has 6 heteroatoms. The Morgan fingerprint density at radius 1 is 0.384 bits per heavy atom. The first kappa shape index (κ1) is 71.3. The van der Waals surface area contributed by atoms with Gasteiger partial charge in [-0.3, -0.25) is 9.59 Å². The van der Waals surface area contributed by atoms with Crippen LogP contribution in [0.3, 0.4) is 0 Å². The highest BCUT2D eigenvalue weighted by atomic mass is 16.5. The van der Waals surface area contributed by atoms with E-state index in [0.717, 1.165) is 51.4 Å². The van der Waals surface area contributed by atoms with Crippen LogP contribution in [0.5, 0.6) is 0 Å². The van der Waals surface area contributed by atoms with E-state index in [4.69, 9.17) is 4.74 Å². The third-order valence-corrected chi connectivity index (χ3v) is 15.5. The Morgan fingerprint density at radius 2 is 0.712 bits per heavy atom. The number of esters is 1. The van der Waals surface area contributed by atoms with Gasteiger partial charge >= 0.3 is 5.97 Å². The van der Waals surface area contributed by atoms with Crippen LogP contribution in [0.2, 0.25) is 0 Å². The quantitative estimate of drug-likeness (QED) is 0.0320. The van der Waals surface area contributed by atoms with Crippen LogP contribution in [-0.4, -0.2) is 47.4 Å². The number of carbonyl (C=O) groups is 2. The molecule has 0 aromatic carbocycles. The molecular formula is C67H129NO5. The van der Waals surface area contributed by atoms with Crippen LogP contribution in [0.15, 0.2) is 24.3 Å². The summed E-state index contributed by atoms with van der Waals surface area (Å²) in [6.07, 6.45) is 77.7. The van der Waals surface area contributed by atoms with Gasteiger partial charge in [-0.2, -0.15) is 0 Å². The average Bonchev–Trinajstić information content (AvgIpc) is 3.39. The topological polar surface area (TPSA) is 95.9 Å². The van der Waals surface area contributed by atoms with Crippen molar-refractivity contribution >= 4 is 11.9 Å². The van der Waals surface area contributed by atoms with Crippen LogP contribution >= 0.6 is 0 Å². The average molecular weight is 1030 g/mol. The lowest BCUT2D eigenvalue weighted by Gasteiger charge is -2.22. The van der Waals surface area contributed by atoms with Gasteiger partial charge in [0, 0.05) is 12.8 Å². The van der Waals surface area contributed by atoms with Crippen molar-refractivity contribution in [1.82, 2.24) is 5.32 Å². The Bertz CT molecular complexity index is 1140. The number of amides is 1. The predicted octanol–water partition coefficient (Wildman–Crippen LogP) is 21.0. The lowest BCUT2D eigenvalue weighted by atomic mass is 10.0. The molecule has 2 unspecified atom stereocenters. The summed E-state index contributed by atoms with van der Waals surface area (Å²) >= 11 is 0. The molecule has 0 aliphatic carbocycles. The summed E-state index contributed by atoms with van der Waals surface area (Å²) in [6, 6.07) is -0.543. The Hall–Kier alpha value is -1.66. The van der Waals surface area contributed by atoms with Crippen LogP contribution in [0.1, 0.15) is 367 Å². The van der Waals surface area contributed by atoms with Crippen LogP contribution in [0, 0.1) is 0 Å². The molecule has 0 spiro atoms. The summed E-state index contributed by atoms with van der Waals surface area (Å²) in [6.45, 7) is 4.91. The monoisotopic (exact) mass is 1030 g/mol. The lowest BCUT2D eigenvalue weighted by Crippen LogP contribution is -2.45. The molecule has 0 saturated carbocycles. The van der Waals surface area contributed by atoms with Crippen molar-refractivity contribution in [3.05, 3.63) is 24.3 Å². The molecule has 0 aromatic heterocycles. The highest BCUT2D eigenvalue weighted by Crippen LogP contribution is 2.19. The summed E-state index contributed by atoms with van der Waals surface area (Å²) in [7, 11) is 0. The fraction of sp³-hybridized carbons (Fsp3) is 0.910. The largest absolute Gasteiger partial charge is 0.466 e. The molecular weight excluding hydrogens is 899 g/mol. The third-order valence-electron chi connectivity index (χ3n) is 15.5. The number of carbonyl (C=O) groups excluding carboxylic acids is 2. The van der Waals surface area contributed by atoms with Crippen molar-refractivity contribution in [3.63, 3.8) is 0 Å². The zero-order valence-electron chi connectivity index (χ0n) is 49.4. The molecule has 432 valence electrons. The summed E-state index contributed by atoms with van der Waals surface area (Å²) in [5.74, 6) is -0.0328. The normalized spacial score (nSPS) is 12.7. The molecule has 2 atom stereocenters. The lowest BCUT2D eigenvalue weighted by molar-refractivity contribution is -0.143. The van der Waals surface area contributed by atoms with Crippen molar-refractivity contribution in [2.45, 2.75) is 379 Å². The number of hydrogen-bond donors (Lipinski definition) is 3. The molecule has 6 nitrogen and oxygen atoms in total. The Labute approximate surface area is 456 Å². The number of aliphatic hydroxyl groups excluding tert-OH is 2. The minimum Gasteiger partial charge on any atom is -0.466 e. The molecule has 0 aromatic rings. The maximum atomic E-state index is 12.5. The predicted molar refractivity (Wildman–Crippen MR) is 320 cm³/mol. The molecule has 0 aliphatic rings. The molecule has 0 radical (unpaired) electrons. The first-order valence-corrected chi connectivity index (χ1v) is 33.1. The van der Waals surface area contributed by atoms with Crippen molar-refractivity contribution in [3.8, 4) is 0 Å². The van der Waals surface area contributed by atoms with Crippen molar-refractivity contribution < 1.29 is 24.5 Å². The van der Waals surface area contributed by atoms with E-state index < -0.39 is 12.1 Å². The van der Waals surface area contributed by atoms with Gasteiger partial charge in [0.1, 0.15) is 0 Å². The fourth-order valence-electron chi connectivity index (χ4n) is 10.4. The minimum atomic E-state index is -0.665. The first-order valence-electron chi connectivity index (χ1n) is 33.1. The van der Waals surface area contributed by atoms with Crippen LogP contribution < -0.4 is 5.32 Å². The first-order chi connectivity index (χ1) is 36.0. The molecule has 0 heterocycles. The Morgan fingerprint density at radius 3 is 1.10 bits per heavy atom. The minimum absolute atomic E-state index is 0.00139. The van der Waals surface area contributed by atoms with E-state index in [2.05, 4.69) is 43.5 Å². The van der Waals surface area contributed by atoms with Gasteiger partial charge < -0.3 is 20.3 Å². The smallest absolute Gasteiger partial charge is 0.305 e. The molecule has 0 rings (SSSR count). The van der Waals surface area contributed by atoms with E-state index in [-0.39, 0.29) is 18.5 Å². The molecule has 0 saturated heterocycles. The highest BCUT2D eigenvalue weighted by molar-refractivity contribution is 5.76. The molecule has 0 fully saturated rings. The number of allylic oxidation sites excluding steroid dienone is 4. The second-order valence-electron chi connectivity index (χ2n) is 22.8. The summed E-state index contributed by atoms with van der Waals surface area (Å²) < 4.78 is 5.47. The van der Waals surface area contributed by atoms with Gasteiger partial charge in [-0.1, -0.05) is 327 Å². The van der Waals surface area contributed by atoms with Crippen LogP contribution in [-0.2, 0) is 14.3 Å². The third kappa shape index (κ3) is 59.4. The molecule has 1 amide bonds.